The fraction of sp³-hybridized carbons (Fsp3) is 0.0769. The highest BCUT2D eigenvalue weighted by atomic mass is 19.1. The highest BCUT2D eigenvalue weighted by Crippen LogP contribution is 2.34. The summed E-state index contributed by atoms with van der Waals surface area (Å²) >= 11 is 0. The molecule has 0 aliphatic rings. The van der Waals surface area contributed by atoms with Crippen LogP contribution in [0, 0.1) is 11.9 Å². The SMILES string of the molecule is COc1cc(-c2cc[c]c(O)c2F)ccc1O. The highest BCUT2D eigenvalue weighted by molar-refractivity contribution is 5.68. The van der Waals surface area contributed by atoms with Crippen molar-refractivity contribution in [2.75, 3.05) is 7.11 Å². The van der Waals surface area contributed by atoms with Crippen LogP contribution in [0.3, 0.4) is 0 Å². The zero-order valence-corrected chi connectivity index (χ0v) is 9.07. The smallest absolute Gasteiger partial charge is 0.173 e. The number of phenolic OH excluding ortho intramolecular Hbond substituents is 2. The van der Waals surface area contributed by atoms with E-state index in [1.165, 1.54) is 37.4 Å². The highest BCUT2D eigenvalue weighted by Gasteiger charge is 2.11. The average molecular weight is 233 g/mol. The predicted molar refractivity (Wildman–Crippen MR) is 60.6 cm³/mol. The van der Waals surface area contributed by atoms with Crippen molar-refractivity contribution < 1.29 is 19.3 Å². The number of methoxy groups -OCH3 is 1. The van der Waals surface area contributed by atoms with Gasteiger partial charge in [0.1, 0.15) is 0 Å². The third-order valence-corrected chi connectivity index (χ3v) is 2.41. The van der Waals surface area contributed by atoms with Crippen LogP contribution in [0.1, 0.15) is 0 Å². The Morgan fingerprint density at radius 1 is 1.24 bits per heavy atom. The monoisotopic (exact) mass is 233 g/mol. The minimum Gasteiger partial charge on any atom is -0.504 e. The van der Waals surface area contributed by atoms with Gasteiger partial charge in [-0.1, -0.05) is 12.1 Å². The van der Waals surface area contributed by atoms with Gasteiger partial charge in [0.15, 0.2) is 23.1 Å². The van der Waals surface area contributed by atoms with E-state index in [0.717, 1.165) is 0 Å². The second-order valence-electron chi connectivity index (χ2n) is 3.44. The lowest BCUT2D eigenvalue weighted by Crippen LogP contribution is -1.88. The van der Waals surface area contributed by atoms with Crippen LogP contribution >= 0.6 is 0 Å². The number of hydrogen-bond acceptors (Lipinski definition) is 3. The van der Waals surface area contributed by atoms with Crippen LogP contribution in [-0.4, -0.2) is 17.3 Å². The summed E-state index contributed by atoms with van der Waals surface area (Å²) < 4.78 is 18.6. The molecular formula is C13H10FO3. The van der Waals surface area contributed by atoms with Crippen molar-refractivity contribution in [2.45, 2.75) is 0 Å². The lowest BCUT2D eigenvalue weighted by Gasteiger charge is -2.08. The van der Waals surface area contributed by atoms with Gasteiger partial charge < -0.3 is 14.9 Å². The van der Waals surface area contributed by atoms with Crippen molar-refractivity contribution >= 4 is 0 Å². The van der Waals surface area contributed by atoms with Crippen molar-refractivity contribution in [3.63, 3.8) is 0 Å². The van der Waals surface area contributed by atoms with Crippen LogP contribution < -0.4 is 4.74 Å². The first kappa shape index (κ1) is 11.3. The second kappa shape index (κ2) is 4.33. The number of halogens is 1. The molecule has 3 nitrogen and oxygen atoms in total. The van der Waals surface area contributed by atoms with Gasteiger partial charge in [0.05, 0.1) is 7.11 Å². The molecule has 87 valence electrons. The molecule has 0 aliphatic heterocycles. The van der Waals surface area contributed by atoms with E-state index in [-0.39, 0.29) is 17.1 Å². The van der Waals surface area contributed by atoms with Gasteiger partial charge in [0, 0.05) is 11.6 Å². The molecule has 0 spiro atoms. The Kier molecular flexibility index (Phi) is 2.87. The summed E-state index contributed by atoms with van der Waals surface area (Å²) in [6, 6.07) is 9.70. The fourth-order valence-electron chi connectivity index (χ4n) is 1.54. The molecule has 2 aromatic carbocycles. The summed E-state index contributed by atoms with van der Waals surface area (Å²) in [5, 5.41) is 18.7. The Morgan fingerprint density at radius 3 is 2.71 bits per heavy atom. The summed E-state index contributed by atoms with van der Waals surface area (Å²) in [6.07, 6.45) is 0. The van der Waals surface area contributed by atoms with E-state index in [1.54, 1.807) is 0 Å². The van der Waals surface area contributed by atoms with E-state index in [2.05, 4.69) is 6.07 Å². The second-order valence-corrected chi connectivity index (χ2v) is 3.44. The predicted octanol–water partition coefficient (Wildman–Crippen LogP) is 2.71. The van der Waals surface area contributed by atoms with Crippen LogP contribution in [0.15, 0.2) is 30.3 Å². The molecule has 2 N–H and O–H groups in total. The van der Waals surface area contributed by atoms with Gasteiger partial charge in [-0.25, -0.2) is 4.39 Å². The maximum Gasteiger partial charge on any atom is 0.173 e. The third-order valence-electron chi connectivity index (χ3n) is 2.41. The summed E-state index contributed by atoms with van der Waals surface area (Å²) in [6.45, 7) is 0. The Labute approximate surface area is 97.7 Å². The Morgan fingerprint density at radius 2 is 2.00 bits per heavy atom. The lowest BCUT2D eigenvalue weighted by atomic mass is 10.0. The average Bonchev–Trinajstić information content (AvgIpc) is 2.34. The van der Waals surface area contributed by atoms with E-state index < -0.39 is 11.6 Å². The first-order chi connectivity index (χ1) is 8.13. The number of rotatable bonds is 2. The van der Waals surface area contributed by atoms with Gasteiger partial charge in [-0.2, -0.15) is 0 Å². The Hall–Kier alpha value is -2.23. The van der Waals surface area contributed by atoms with Crippen molar-refractivity contribution in [3.05, 3.63) is 42.2 Å². The molecule has 0 fully saturated rings. The molecule has 0 atom stereocenters. The minimum atomic E-state index is -0.750. The van der Waals surface area contributed by atoms with Gasteiger partial charge in [-0.15, -0.1) is 0 Å². The minimum absolute atomic E-state index is 0.0247. The molecule has 1 radical (unpaired) electrons. The fourth-order valence-corrected chi connectivity index (χ4v) is 1.54. The number of phenols is 2. The first-order valence-corrected chi connectivity index (χ1v) is 4.90. The van der Waals surface area contributed by atoms with Crippen molar-refractivity contribution in [1.82, 2.24) is 0 Å². The van der Waals surface area contributed by atoms with E-state index in [1.807, 2.05) is 0 Å². The first-order valence-electron chi connectivity index (χ1n) is 4.90. The van der Waals surface area contributed by atoms with Crippen LogP contribution in [0.2, 0.25) is 0 Å². The van der Waals surface area contributed by atoms with Gasteiger partial charge >= 0.3 is 0 Å². The summed E-state index contributed by atoms with van der Waals surface area (Å²) in [4.78, 5) is 0. The topological polar surface area (TPSA) is 49.7 Å². The standard InChI is InChI=1S/C13H10FO3/c1-17-12-7-8(5-6-10(12)15)9-3-2-4-11(16)13(9)14/h2-3,5-7,15-16H,1H3. The van der Waals surface area contributed by atoms with E-state index in [0.29, 0.717) is 5.56 Å². The van der Waals surface area contributed by atoms with Crippen LogP contribution in [0.4, 0.5) is 4.39 Å². The van der Waals surface area contributed by atoms with Crippen molar-refractivity contribution in [1.29, 1.82) is 0 Å². The van der Waals surface area contributed by atoms with Gasteiger partial charge in [-0.05, 0) is 23.8 Å². The number of aromatic hydroxyl groups is 2. The molecule has 0 saturated carbocycles. The van der Waals surface area contributed by atoms with Gasteiger partial charge in [0.25, 0.3) is 0 Å². The molecule has 0 unspecified atom stereocenters. The molecule has 0 saturated heterocycles. The number of ether oxygens (including phenoxy) is 1. The third kappa shape index (κ3) is 2.01. The Balaban J connectivity index is 2.57. The quantitative estimate of drug-likeness (QED) is 0.838. The molecule has 0 heterocycles. The number of benzene rings is 2. The van der Waals surface area contributed by atoms with Crippen LogP contribution in [0.5, 0.6) is 17.2 Å². The number of hydrogen-bond donors (Lipinski definition) is 2. The normalized spacial score (nSPS) is 10.2. The molecule has 2 aromatic rings. The summed E-state index contributed by atoms with van der Waals surface area (Å²) in [7, 11) is 1.41. The zero-order valence-electron chi connectivity index (χ0n) is 9.07. The zero-order chi connectivity index (χ0) is 12.4. The Bertz CT molecular complexity index is 552. The molecule has 0 amide bonds. The molecule has 0 aromatic heterocycles. The molecule has 2 rings (SSSR count). The summed E-state index contributed by atoms with van der Waals surface area (Å²) in [5.74, 6) is -1.06. The van der Waals surface area contributed by atoms with Gasteiger partial charge in [0.2, 0.25) is 0 Å². The largest absolute Gasteiger partial charge is 0.504 e. The van der Waals surface area contributed by atoms with Crippen molar-refractivity contribution in [2.24, 2.45) is 0 Å². The molecule has 17 heavy (non-hydrogen) atoms. The molecular weight excluding hydrogens is 223 g/mol. The molecule has 4 heteroatoms. The van der Waals surface area contributed by atoms with E-state index in [9.17, 15) is 14.6 Å². The van der Waals surface area contributed by atoms with E-state index in [4.69, 9.17) is 4.74 Å². The van der Waals surface area contributed by atoms with E-state index >= 15 is 0 Å². The van der Waals surface area contributed by atoms with Crippen LogP contribution in [-0.2, 0) is 0 Å². The van der Waals surface area contributed by atoms with Gasteiger partial charge in [-0.3, -0.25) is 0 Å². The maximum absolute atomic E-state index is 13.6. The van der Waals surface area contributed by atoms with Crippen LogP contribution in [0.25, 0.3) is 11.1 Å². The maximum atomic E-state index is 13.6. The molecule has 0 bridgehead atoms. The lowest BCUT2D eigenvalue weighted by molar-refractivity contribution is 0.373. The molecule has 0 aliphatic carbocycles. The summed E-state index contributed by atoms with van der Waals surface area (Å²) in [5.41, 5.74) is 0.723. The van der Waals surface area contributed by atoms with Crippen molar-refractivity contribution in [3.8, 4) is 28.4 Å².